The van der Waals surface area contributed by atoms with E-state index in [1.165, 1.54) is 0 Å². The van der Waals surface area contributed by atoms with Gasteiger partial charge in [-0.25, -0.2) is 0 Å². The summed E-state index contributed by atoms with van der Waals surface area (Å²) in [6.07, 6.45) is 3.10. The summed E-state index contributed by atoms with van der Waals surface area (Å²) >= 11 is 0. The fourth-order valence-electron chi connectivity index (χ4n) is 1.06. The molecule has 5 heteroatoms. The number of ether oxygens (including phenoxy) is 1. The molecular weight excluding hydrogens is 194 g/mol. The summed E-state index contributed by atoms with van der Waals surface area (Å²) in [4.78, 5) is 3.93. The van der Waals surface area contributed by atoms with Gasteiger partial charge in [-0.1, -0.05) is 5.16 Å². The molecule has 0 bridgehead atoms. The normalized spacial score (nSPS) is 12.6. The first-order valence-corrected chi connectivity index (χ1v) is 4.55. The molecule has 1 heterocycles. The molecule has 0 spiro atoms. The molecule has 0 saturated carbocycles. The highest BCUT2D eigenvalue weighted by atomic mass is 16.5. The molecule has 0 aliphatic heterocycles. The number of oxime groups is 1. The van der Waals surface area contributed by atoms with Gasteiger partial charge in [0.15, 0.2) is 5.84 Å². The van der Waals surface area contributed by atoms with E-state index < -0.39 is 0 Å². The minimum atomic E-state index is -0.354. The van der Waals surface area contributed by atoms with Crippen LogP contribution in [0.4, 0.5) is 0 Å². The Morgan fingerprint density at radius 2 is 2.20 bits per heavy atom. The van der Waals surface area contributed by atoms with Gasteiger partial charge in [-0.3, -0.25) is 4.98 Å². The number of nitrogens with two attached hydrogens (primary N) is 1. The van der Waals surface area contributed by atoms with Gasteiger partial charge in [0, 0.05) is 6.20 Å². The van der Waals surface area contributed by atoms with E-state index in [0.717, 1.165) is 0 Å². The van der Waals surface area contributed by atoms with Crippen molar-refractivity contribution < 1.29 is 9.94 Å². The number of hydrogen-bond donors (Lipinski definition) is 2. The molecule has 0 radical (unpaired) electrons. The molecule has 15 heavy (non-hydrogen) atoms. The molecular formula is C10H15N3O2. The van der Waals surface area contributed by atoms with Gasteiger partial charge < -0.3 is 15.7 Å². The van der Waals surface area contributed by atoms with Crippen LogP contribution in [0.15, 0.2) is 23.6 Å². The summed E-state index contributed by atoms with van der Waals surface area (Å²) in [5, 5.41) is 11.5. The monoisotopic (exact) mass is 209 g/mol. The molecule has 0 unspecified atom stereocenters. The summed E-state index contributed by atoms with van der Waals surface area (Å²) in [5.74, 6) is 0.511. The molecule has 0 aromatic carbocycles. The van der Waals surface area contributed by atoms with Crippen molar-refractivity contribution in [3.05, 3.63) is 24.0 Å². The molecule has 0 saturated heterocycles. The van der Waals surface area contributed by atoms with Crippen molar-refractivity contribution in [1.82, 2.24) is 4.98 Å². The van der Waals surface area contributed by atoms with Crippen LogP contribution in [-0.4, -0.2) is 21.6 Å². The van der Waals surface area contributed by atoms with Gasteiger partial charge in [-0.15, -0.1) is 0 Å². The van der Waals surface area contributed by atoms with E-state index in [1.807, 2.05) is 20.8 Å². The second-order valence-electron chi connectivity index (χ2n) is 4.07. The van der Waals surface area contributed by atoms with Crippen LogP contribution in [0.3, 0.4) is 0 Å². The molecule has 1 aromatic rings. The van der Waals surface area contributed by atoms with Gasteiger partial charge >= 0.3 is 0 Å². The molecule has 3 N–H and O–H groups in total. The lowest BCUT2D eigenvalue weighted by atomic mass is 10.1. The lowest BCUT2D eigenvalue weighted by Gasteiger charge is -2.22. The van der Waals surface area contributed by atoms with E-state index in [2.05, 4.69) is 10.1 Å². The second-order valence-corrected chi connectivity index (χ2v) is 4.07. The number of pyridine rings is 1. The van der Waals surface area contributed by atoms with Crippen LogP contribution in [-0.2, 0) is 0 Å². The Bertz CT molecular complexity index is 369. The fraction of sp³-hybridized carbons (Fsp3) is 0.400. The third-order valence-corrected chi connectivity index (χ3v) is 1.58. The number of hydrogen-bond acceptors (Lipinski definition) is 4. The lowest BCUT2D eigenvalue weighted by molar-refractivity contribution is 0.130. The molecule has 0 aliphatic carbocycles. The van der Waals surface area contributed by atoms with Crippen molar-refractivity contribution in [2.75, 3.05) is 0 Å². The lowest BCUT2D eigenvalue weighted by Crippen LogP contribution is -2.25. The summed E-state index contributed by atoms with van der Waals surface area (Å²) in [6, 6.07) is 1.64. The SMILES string of the molecule is CC(C)(C)Oc1cnccc1/C(N)=N/O. The highest BCUT2D eigenvalue weighted by molar-refractivity contribution is 5.99. The zero-order chi connectivity index (χ0) is 11.5. The minimum absolute atomic E-state index is 0.0108. The quantitative estimate of drug-likeness (QED) is 0.333. The number of aromatic nitrogens is 1. The molecule has 0 atom stereocenters. The van der Waals surface area contributed by atoms with E-state index in [-0.39, 0.29) is 11.4 Å². The number of amidine groups is 1. The van der Waals surface area contributed by atoms with Crippen molar-refractivity contribution in [2.24, 2.45) is 10.9 Å². The van der Waals surface area contributed by atoms with E-state index in [0.29, 0.717) is 11.3 Å². The first-order chi connectivity index (χ1) is 6.94. The standard InChI is InChI=1S/C10H15N3O2/c1-10(2,3)15-8-6-12-5-4-7(8)9(11)13-14/h4-6,14H,1-3H3,(H2,11,13). The zero-order valence-electron chi connectivity index (χ0n) is 9.06. The first kappa shape index (κ1) is 11.3. The van der Waals surface area contributed by atoms with Crippen molar-refractivity contribution in [2.45, 2.75) is 26.4 Å². The summed E-state index contributed by atoms with van der Waals surface area (Å²) in [6.45, 7) is 5.74. The minimum Gasteiger partial charge on any atom is -0.486 e. The topological polar surface area (TPSA) is 80.7 Å². The van der Waals surface area contributed by atoms with E-state index >= 15 is 0 Å². The van der Waals surface area contributed by atoms with Crippen LogP contribution >= 0.6 is 0 Å². The number of rotatable bonds is 2. The van der Waals surface area contributed by atoms with Crippen LogP contribution in [0.5, 0.6) is 5.75 Å². The summed E-state index contributed by atoms with van der Waals surface area (Å²) in [5.41, 5.74) is 5.68. The van der Waals surface area contributed by atoms with Gasteiger partial charge in [0.2, 0.25) is 0 Å². The second kappa shape index (κ2) is 4.16. The summed E-state index contributed by atoms with van der Waals surface area (Å²) < 4.78 is 5.62. The number of nitrogens with zero attached hydrogens (tertiary/aromatic N) is 2. The van der Waals surface area contributed by atoms with E-state index in [9.17, 15) is 0 Å². The predicted molar refractivity (Wildman–Crippen MR) is 57.1 cm³/mol. The molecule has 0 fully saturated rings. The van der Waals surface area contributed by atoms with Crippen molar-refractivity contribution in [3.8, 4) is 5.75 Å². The van der Waals surface area contributed by atoms with Crippen molar-refractivity contribution >= 4 is 5.84 Å². The van der Waals surface area contributed by atoms with Crippen molar-refractivity contribution in [3.63, 3.8) is 0 Å². The van der Waals surface area contributed by atoms with Crippen LogP contribution in [0.2, 0.25) is 0 Å². The Morgan fingerprint density at radius 1 is 1.53 bits per heavy atom. The average Bonchev–Trinajstić information content (AvgIpc) is 2.15. The highest BCUT2D eigenvalue weighted by Crippen LogP contribution is 2.21. The highest BCUT2D eigenvalue weighted by Gasteiger charge is 2.16. The first-order valence-electron chi connectivity index (χ1n) is 4.55. The predicted octanol–water partition coefficient (Wildman–Crippen LogP) is 1.35. The van der Waals surface area contributed by atoms with E-state index in [4.69, 9.17) is 15.7 Å². The smallest absolute Gasteiger partial charge is 0.173 e. The van der Waals surface area contributed by atoms with Crippen LogP contribution in [0, 0.1) is 0 Å². The van der Waals surface area contributed by atoms with E-state index in [1.54, 1.807) is 18.5 Å². The Labute approximate surface area is 88.6 Å². The van der Waals surface area contributed by atoms with Crippen LogP contribution in [0.25, 0.3) is 0 Å². The third kappa shape index (κ3) is 3.12. The van der Waals surface area contributed by atoms with Crippen LogP contribution < -0.4 is 10.5 Å². The fourth-order valence-corrected chi connectivity index (χ4v) is 1.06. The van der Waals surface area contributed by atoms with Gasteiger partial charge in [0.05, 0.1) is 11.8 Å². The van der Waals surface area contributed by atoms with Crippen molar-refractivity contribution in [1.29, 1.82) is 0 Å². The zero-order valence-corrected chi connectivity index (χ0v) is 9.06. The average molecular weight is 209 g/mol. The van der Waals surface area contributed by atoms with Crippen LogP contribution in [0.1, 0.15) is 26.3 Å². The van der Waals surface area contributed by atoms with Gasteiger partial charge in [-0.05, 0) is 26.8 Å². The maximum absolute atomic E-state index is 8.60. The molecule has 0 amide bonds. The molecule has 0 aliphatic rings. The molecule has 1 aromatic heterocycles. The Balaban J connectivity index is 3.07. The molecule has 82 valence electrons. The Hall–Kier alpha value is -1.78. The largest absolute Gasteiger partial charge is 0.486 e. The summed E-state index contributed by atoms with van der Waals surface area (Å²) in [7, 11) is 0. The van der Waals surface area contributed by atoms with Gasteiger partial charge in [-0.2, -0.15) is 0 Å². The maximum atomic E-state index is 8.60. The Kier molecular flexibility index (Phi) is 3.14. The molecule has 5 nitrogen and oxygen atoms in total. The van der Waals surface area contributed by atoms with Gasteiger partial charge in [0.1, 0.15) is 11.4 Å². The molecule has 1 rings (SSSR count). The Morgan fingerprint density at radius 3 is 2.73 bits per heavy atom. The third-order valence-electron chi connectivity index (χ3n) is 1.58. The maximum Gasteiger partial charge on any atom is 0.173 e. The van der Waals surface area contributed by atoms with Gasteiger partial charge in [0.25, 0.3) is 0 Å².